The summed E-state index contributed by atoms with van der Waals surface area (Å²) in [6, 6.07) is 55.0. The summed E-state index contributed by atoms with van der Waals surface area (Å²) >= 11 is 0. The van der Waals surface area contributed by atoms with Crippen LogP contribution >= 0.6 is 0 Å². The molecule has 0 spiro atoms. The lowest BCUT2D eigenvalue weighted by Gasteiger charge is -2.28. The summed E-state index contributed by atoms with van der Waals surface area (Å²) in [5.41, 5.74) is 8.11. The Bertz CT molecular complexity index is 2620. The maximum Gasteiger partial charge on any atom is 0.120 e. The second-order valence-electron chi connectivity index (χ2n) is 13.6. The zero-order valence-corrected chi connectivity index (χ0v) is 26.3. The lowest BCUT2D eigenvalue weighted by molar-refractivity contribution is 0.0861. The normalized spacial score (nSPS) is 19.0. The first-order valence-corrected chi connectivity index (χ1v) is 16.7. The van der Waals surface area contributed by atoms with Crippen molar-refractivity contribution in [3.63, 3.8) is 0 Å². The van der Waals surface area contributed by atoms with Gasteiger partial charge in [0, 0.05) is 12.8 Å². The summed E-state index contributed by atoms with van der Waals surface area (Å²) in [6.45, 7) is 0. The molecule has 0 saturated carbocycles. The Balaban J connectivity index is 1.06. The predicted molar refractivity (Wildman–Crippen MR) is 196 cm³/mol. The van der Waals surface area contributed by atoms with Gasteiger partial charge in [-0.25, -0.2) is 0 Å². The van der Waals surface area contributed by atoms with Crippen molar-refractivity contribution in [2.75, 3.05) is 0 Å². The van der Waals surface area contributed by atoms with Gasteiger partial charge in [-0.2, -0.15) is 0 Å². The minimum absolute atomic E-state index is 0.462. The number of rotatable bonds is 4. The van der Waals surface area contributed by atoms with E-state index in [0.717, 1.165) is 77.2 Å². The molecule has 2 aliphatic carbocycles. The molecule has 2 aliphatic rings. The van der Waals surface area contributed by atoms with Crippen LogP contribution in [0.5, 0.6) is 0 Å². The van der Waals surface area contributed by atoms with Crippen molar-refractivity contribution >= 4 is 32.3 Å². The van der Waals surface area contributed by atoms with Crippen LogP contribution in [-0.2, 0) is 24.0 Å². The molecule has 0 fully saturated rings. The lowest BCUT2D eigenvalue weighted by Crippen LogP contribution is -2.28. The molecule has 48 heavy (non-hydrogen) atoms. The van der Waals surface area contributed by atoms with Gasteiger partial charge in [0.2, 0.25) is 0 Å². The zero-order valence-electron chi connectivity index (χ0n) is 26.3. The van der Waals surface area contributed by atoms with E-state index >= 15 is 0 Å². The van der Waals surface area contributed by atoms with E-state index in [-0.39, 0.29) is 0 Å². The smallest absolute Gasteiger partial charge is 0.120 e. The van der Waals surface area contributed by atoms with Crippen LogP contribution in [0.4, 0.5) is 0 Å². The maximum atomic E-state index is 12.7. The van der Waals surface area contributed by atoms with Crippen molar-refractivity contribution in [1.29, 1.82) is 0 Å². The molecule has 0 amide bonds. The van der Waals surface area contributed by atoms with Crippen LogP contribution < -0.4 is 0 Å². The molecule has 0 aromatic heterocycles. The van der Waals surface area contributed by atoms with Crippen molar-refractivity contribution < 1.29 is 10.2 Å². The summed E-state index contributed by atoms with van der Waals surface area (Å²) in [4.78, 5) is 0. The molecule has 2 unspecified atom stereocenters. The Hall–Kier alpha value is -5.54. The molecule has 8 aromatic rings. The Labute approximate surface area is 279 Å². The molecule has 0 heterocycles. The maximum absolute atomic E-state index is 12.7. The van der Waals surface area contributed by atoms with Crippen molar-refractivity contribution in [2.24, 2.45) is 0 Å². The third-order valence-corrected chi connectivity index (χ3v) is 10.9. The lowest BCUT2D eigenvalue weighted by atomic mass is 9.82. The van der Waals surface area contributed by atoms with Gasteiger partial charge in [-0.1, -0.05) is 133 Å². The summed E-state index contributed by atoms with van der Waals surface area (Å²) in [5.74, 6) is 0. The van der Waals surface area contributed by atoms with E-state index in [1.54, 1.807) is 0 Å². The van der Waals surface area contributed by atoms with Crippen LogP contribution in [0.1, 0.15) is 33.4 Å². The molecule has 228 valence electrons. The van der Waals surface area contributed by atoms with Gasteiger partial charge in [-0.15, -0.1) is 0 Å². The Morgan fingerprint density at radius 3 is 1.42 bits per heavy atom. The second-order valence-corrected chi connectivity index (χ2v) is 13.6. The molecular formula is C46H32O2. The van der Waals surface area contributed by atoms with E-state index in [2.05, 4.69) is 146 Å². The van der Waals surface area contributed by atoms with Crippen molar-refractivity contribution in [3.8, 4) is 22.3 Å². The van der Waals surface area contributed by atoms with Crippen molar-refractivity contribution in [3.05, 3.63) is 191 Å². The Kier molecular flexibility index (Phi) is 5.73. The van der Waals surface area contributed by atoms with Crippen LogP contribution in [0.15, 0.2) is 158 Å². The van der Waals surface area contributed by atoms with E-state index in [1.165, 1.54) is 10.8 Å². The van der Waals surface area contributed by atoms with Crippen molar-refractivity contribution in [2.45, 2.75) is 24.0 Å². The van der Waals surface area contributed by atoms with Crippen LogP contribution in [0.3, 0.4) is 0 Å². The number of hydrogen-bond donors (Lipinski definition) is 2. The third kappa shape index (κ3) is 3.88. The Morgan fingerprint density at radius 1 is 0.354 bits per heavy atom. The highest BCUT2D eigenvalue weighted by Crippen LogP contribution is 2.52. The highest BCUT2D eigenvalue weighted by Gasteiger charge is 2.43. The predicted octanol–water partition coefficient (Wildman–Crippen LogP) is 10.1. The fourth-order valence-electron chi connectivity index (χ4n) is 8.67. The summed E-state index contributed by atoms with van der Waals surface area (Å²) < 4.78 is 0. The molecular weight excluding hydrogens is 585 g/mol. The second kappa shape index (κ2) is 9.98. The number of hydrogen-bond acceptors (Lipinski definition) is 2. The number of aliphatic hydroxyl groups is 2. The SMILES string of the molecule is OC1(Cc2ccc3c(CC4(O)c5ccccc5-c5cc6ccccc6cc54)cccc3c2)c2ccccc2-c2cc3ccccc3cc21. The van der Waals surface area contributed by atoms with Gasteiger partial charge in [0.15, 0.2) is 0 Å². The Morgan fingerprint density at radius 2 is 0.833 bits per heavy atom. The van der Waals surface area contributed by atoms with E-state index < -0.39 is 11.2 Å². The van der Waals surface area contributed by atoms with Crippen molar-refractivity contribution in [1.82, 2.24) is 0 Å². The van der Waals surface area contributed by atoms with Crippen LogP contribution in [0, 0.1) is 0 Å². The summed E-state index contributed by atoms with van der Waals surface area (Å²) in [7, 11) is 0. The molecule has 0 saturated heterocycles. The van der Waals surface area contributed by atoms with E-state index in [9.17, 15) is 10.2 Å². The summed E-state index contributed by atoms with van der Waals surface area (Å²) in [5, 5.41) is 32.1. The number of benzene rings is 8. The van der Waals surface area contributed by atoms with Gasteiger partial charge in [-0.3, -0.25) is 0 Å². The molecule has 0 aliphatic heterocycles. The highest BCUT2D eigenvalue weighted by atomic mass is 16.3. The van der Waals surface area contributed by atoms with Gasteiger partial charge in [-0.05, 0) is 112 Å². The van der Waals surface area contributed by atoms with Gasteiger partial charge >= 0.3 is 0 Å². The molecule has 8 aromatic carbocycles. The molecule has 0 radical (unpaired) electrons. The average Bonchev–Trinajstić information content (AvgIpc) is 3.50. The van der Waals surface area contributed by atoms with E-state index in [4.69, 9.17) is 0 Å². The fourth-order valence-corrected chi connectivity index (χ4v) is 8.67. The highest BCUT2D eigenvalue weighted by molar-refractivity contribution is 5.95. The molecule has 2 heteroatoms. The van der Waals surface area contributed by atoms with Crippen LogP contribution in [0.2, 0.25) is 0 Å². The molecule has 2 nitrogen and oxygen atoms in total. The molecule has 2 N–H and O–H groups in total. The minimum atomic E-state index is -1.15. The molecule has 2 atom stereocenters. The first-order valence-electron chi connectivity index (χ1n) is 16.7. The van der Waals surface area contributed by atoms with E-state index in [0.29, 0.717) is 12.8 Å². The quantitative estimate of drug-likeness (QED) is 0.207. The standard InChI is InChI=1S/C46H32O2/c47-45(41-18-7-5-16-37(41)39-23-30-10-1-3-12-32(30)25-43(39)45)27-29-20-21-36-34(22-29)14-9-15-35(36)28-46(48)42-19-8-6-17-38(42)40-24-31-11-2-4-13-33(31)26-44(40)46/h1-26,47-48H,27-28H2. The van der Waals surface area contributed by atoms with Crippen LogP contribution in [-0.4, -0.2) is 10.2 Å². The third-order valence-electron chi connectivity index (χ3n) is 10.9. The molecule has 10 rings (SSSR count). The first-order chi connectivity index (χ1) is 23.5. The monoisotopic (exact) mass is 616 g/mol. The minimum Gasteiger partial charge on any atom is -0.380 e. The average molecular weight is 617 g/mol. The summed E-state index contributed by atoms with van der Waals surface area (Å²) in [6.07, 6.45) is 0.928. The van der Waals surface area contributed by atoms with Gasteiger partial charge < -0.3 is 10.2 Å². The van der Waals surface area contributed by atoms with Gasteiger partial charge in [0.1, 0.15) is 11.2 Å². The molecule has 0 bridgehead atoms. The first kappa shape index (κ1) is 27.6. The zero-order chi connectivity index (χ0) is 32.0. The van der Waals surface area contributed by atoms with Gasteiger partial charge in [0.25, 0.3) is 0 Å². The fraction of sp³-hybridized carbons (Fsp3) is 0.0870. The largest absolute Gasteiger partial charge is 0.380 e. The van der Waals surface area contributed by atoms with Crippen LogP contribution in [0.25, 0.3) is 54.6 Å². The van der Waals surface area contributed by atoms with E-state index in [1.807, 2.05) is 12.1 Å². The topological polar surface area (TPSA) is 40.5 Å². The number of fused-ring (bicyclic) bond motifs is 9. The van der Waals surface area contributed by atoms with Gasteiger partial charge in [0.05, 0.1) is 0 Å².